The molecule has 0 aliphatic rings. The first-order valence-corrected chi connectivity index (χ1v) is 6.18. The smallest absolute Gasteiger partial charge is 0.240 e. The minimum absolute atomic E-state index is 0.442. The first-order chi connectivity index (χ1) is 8.70. The van der Waals surface area contributed by atoms with Crippen LogP contribution in [0.3, 0.4) is 0 Å². The van der Waals surface area contributed by atoms with Gasteiger partial charge in [0, 0.05) is 12.2 Å². The maximum Gasteiger partial charge on any atom is 0.240 e. The molecule has 0 aliphatic carbocycles. The van der Waals surface area contributed by atoms with Crippen LogP contribution in [0.25, 0.3) is 11.5 Å². The Hall–Kier alpha value is -1.75. The zero-order valence-electron chi connectivity index (χ0n) is 11.0. The molecule has 0 aromatic carbocycles. The van der Waals surface area contributed by atoms with E-state index < -0.39 is 0 Å². The first kappa shape index (κ1) is 12.7. The monoisotopic (exact) mass is 246 g/mol. The molecule has 1 unspecified atom stereocenters. The largest absolute Gasteiger partial charge is 0.337 e. The highest BCUT2D eigenvalue weighted by atomic mass is 16.5. The molecule has 5 heteroatoms. The van der Waals surface area contributed by atoms with Gasteiger partial charge in [0.25, 0.3) is 0 Å². The van der Waals surface area contributed by atoms with Crippen LogP contribution in [0.1, 0.15) is 31.7 Å². The number of nitrogens with one attached hydrogen (secondary N) is 1. The average molecular weight is 246 g/mol. The third-order valence-corrected chi connectivity index (χ3v) is 2.90. The molecule has 18 heavy (non-hydrogen) atoms. The van der Waals surface area contributed by atoms with Crippen molar-refractivity contribution in [1.29, 1.82) is 0 Å². The van der Waals surface area contributed by atoms with Crippen LogP contribution in [0, 0.1) is 6.92 Å². The summed E-state index contributed by atoms with van der Waals surface area (Å²) in [5.74, 6) is 1.14. The highest BCUT2D eigenvalue weighted by molar-refractivity contribution is 5.52. The van der Waals surface area contributed by atoms with Crippen molar-refractivity contribution in [3.05, 3.63) is 29.8 Å². The molecule has 0 radical (unpaired) electrons. The van der Waals surface area contributed by atoms with Gasteiger partial charge < -0.3 is 9.84 Å². The summed E-state index contributed by atoms with van der Waals surface area (Å²) < 4.78 is 5.21. The van der Waals surface area contributed by atoms with Gasteiger partial charge in [0.1, 0.15) is 5.69 Å². The lowest BCUT2D eigenvalue weighted by Crippen LogP contribution is -2.24. The molecule has 0 spiro atoms. The van der Waals surface area contributed by atoms with Crippen molar-refractivity contribution in [2.45, 2.75) is 39.8 Å². The zero-order chi connectivity index (χ0) is 13.0. The van der Waals surface area contributed by atoms with Gasteiger partial charge in [0.15, 0.2) is 0 Å². The summed E-state index contributed by atoms with van der Waals surface area (Å²) >= 11 is 0. The third kappa shape index (κ3) is 2.92. The van der Waals surface area contributed by atoms with Gasteiger partial charge in [0.05, 0.1) is 6.54 Å². The standard InChI is InChI=1S/C13H18N4O/c1-4-10(3)15-8-11-16-13(17-18-11)12-9(2)6-5-7-14-12/h5-7,10,15H,4,8H2,1-3H3. The van der Waals surface area contributed by atoms with Crippen LogP contribution in [-0.4, -0.2) is 21.2 Å². The van der Waals surface area contributed by atoms with Gasteiger partial charge in [0.2, 0.25) is 11.7 Å². The molecular formula is C13H18N4O. The molecule has 1 N–H and O–H groups in total. The van der Waals surface area contributed by atoms with E-state index in [1.807, 2.05) is 19.1 Å². The molecule has 2 heterocycles. The second-order valence-corrected chi connectivity index (χ2v) is 4.37. The highest BCUT2D eigenvalue weighted by Crippen LogP contribution is 2.16. The van der Waals surface area contributed by atoms with E-state index in [1.165, 1.54) is 0 Å². The van der Waals surface area contributed by atoms with Gasteiger partial charge in [-0.25, -0.2) is 0 Å². The molecule has 2 aromatic heterocycles. The number of hydrogen-bond donors (Lipinski definition) is 1. The average Bonchev–Trinajstić information content (AvgIpc) is 2.85. The van der Waals surface area contributed by atoms with E-state index in [0.717, 1.165) is 17.7 Å². The van der Waals surface area contributed by atoms with Crippen molar-refractivity contribution in [3.8, 4) is 11.5 Å². The van der Waals surface area contributed by atoms with Gasteiger partial charge in [-0.3, -0.25) is 4.98 Å². The second kappa shape index (κ2) is 5.73. The summed E-state index contributed by atoms with van der Waals surface area (Å²) in [6, 6.07) is 4.32. The quantitative estimate of drug-likeness (QED) is 0.877. The fraction of sp³-hybridized carbons (Fsp3) is 0.462. The van der Waals surface area contributed by atoms with Crippen LogP contribution < -0.4 is 5.32 Å². The molecular weight excluding hydrogens is 228 g/mol. The van der Waals surface area contributed by atoms with E-state index >= 15 is 0 Å². The molecule has 0 fully saturated rings. The van der Waals surface area contributed by atoms with Gasteiger partial charge in [-0.05, 0) is 31.9 Å². The number of nitrogens with zero attached hydrogens (tertiary/aromatic N) is 3. The predicted molar refractivity (Wildman–Crippen MR) is 68.9 cm³/mol. The molecule has 2 rings (SSSR count). The molecule has 96 valence electrons. The van der Waals surface area contributed by atoms with E-state index in [9.17, 15) is 0 Å². The van der Waals surface area contributed by atoms with E-state index in [-0.39, 0.29) is 0 Å². The molecule has 0 bridgehead atoms. The summed E-state index contributed by atoms with van der Waals surface area (Å²) in [6.45, 7) is 6.83. The lowest BCUT2D eigenvalue weighted by molar-refractivity contribution is 0.358. The fourth-order valence-electron chi connectivity index (χ4n) is 1.55. The Morgan fingerprint density at radius 1 is 1.44 bits per heavy atom. The summed E-state index contributed by atoms with van der Waals surface area (Å²) in [4.78, 5) is 8.61. The summed E-state index contributed by atoms with van der Waals surface area (Å²) in [5.41, 5.74) is 1.82. The van der Waals surface area contributed by atoms with Crippen molar-refractivity contribution in [2.75, 3.05) is 0 Å². The van der Waals surface area contributed by atoms with Crippen LogP contribution >= 0.6 is 0 Å². The predicted octanol–water partition coefficient (Wildman–Crippen LogP) is 2.33. The first-order valence-electron chi connectivity index (χ1n) is 6.18. The molecule has 0 saturated heterocycles. The fourth-order valence-corrected chi connectivity index (χ4v) is 1.55. The summed E-state index contributed by atoms with van der Waals surface area (Å²) in [5, 5.41) is 7.27. The Bertz CT molecular complexity index is 509. The van der Waals surface area contributed by atoms with Crippen LogP contribution in [0.5, 0.6) is 0 Å². The van der Waals surface area contributed by atoms with E-state index in [1.54, 1.807) is 6.20 Å². The van der Waals surface area contributed by atoms with E-state index in [2.05, 4.69) is 34.3 Å². The molecule has 1 atom stereocenters. The van der Waals surface area contributed by atoms with Crippen molar-refractivity contribution < 1.29 is 4.52 Å². The molecule has 0 saturated carbocycles. The van der Waals surface area contributed by atoms with Gasteiger partial charge >= 0.3 is 0 Å². The normalized spacial score (nSPS) is 12.6. The van der Waals surface area contributed by atoms with Crippen LogP contribution in [0.2, 0.25) is 0 Å². The second-order valence-electron chi connectivity index (χ2n) is 4.37. The topological polar surface area (TPSA) is 63.8 Å². The minimum Gasteiger partial charge on any atom is -0.337 e. The maximum absolute atomic E-state index is 5.21. The van der Waals surface area contributed by atoms with Crippen molar-refractivity contribution in [1.82, 2.24) is 20.4 Å². The Kier molecular flexibility index (Phi) is 4.04. The minimum atomic E-state index is 0.442. The summed E-state index contributed by atoms with van der Waals surface area (Å²) in [7, 11) is 0. The number of rotatable bonds is 5. The number of aromatic nitrogens is 3. The van der Waals surface area contributed by atoms with Crippen LogP contribution in [0.4, 0.5) is 0 Å². The number of pyridine rings is 1. The van der Waals surface area contributed by atoms with Gasteiger partial charge in [-0.1, -0.05) is 18.1 Å². The Balaban J connectivity index is 2.09. The SMILES string of the molecule is CCC(C)NCc1nc(-c2ncccc2C)no1. The van der Waals surface area contributed by atoms with Gasteiger partial charge in [-0.15, -0.1) is 0 Å². The molecule has 0 amide bonds. The van der Waals surface area contributed by atoms with Gasteiger partial charge in [-0.2, -0.15) is 4.98 Å². The van der Waals surface area contributed by atoms with Crippen molar-refractivity contribution >= 4 is 0 Å². The highest BCUT2D eigenvalue weighted by Gasteiger charge is 2.11. The Morgan fingerprint density at radius 3 is 3.00 bits per heavy atom. The maximum atomic E-state index is 5.21. The van der Waals surface area contributed by atoms with Crippen molar-refractivity contribution in [3.63, 3.8) is 0 Å². The Labute approximate surface area is 107 Å². The lowest BCUT2D eigenvalue weighted by Gasteiger charge is -2.07. The molecule has 0 aliphatic heterocycles. The zero-order valence-corrected chi connectivity index (χ0v) is 11.0. The third-order valence-electron chi connectivity index (χ3n) is 2.90. The lowest BCUT2D eigenvalue weighted by atomic mass is 10.2. The van der Waals surface area contributed by atoms with E-state index in [4.69, 9.17) is 4.52 Å². The summed E-state index contributed by atoms with van der Waals surface area (Å²) in [6.07, 6.45) is 2.80. The van der Waals surface area contributed by atoms with E-state index in [0.29, 0.717) is 24.3 Å². The van der Waals surface area contributed by atoms with Crippen LogP contribution in [0.15, 0.2) is 22.9 Å². The molecule has 2 aromatic rings. The molecule has 5 nitrogen and oxygen atoms in total. The number of aryl methyl sites for hydroxylation is 1. The Morgan fingerprint density at radius 2 is 2.28 bits per heavy atom. The van der Waals surface area contributed by atoms with Crippen LogP contribution in [-0.2, 0) is 6.54 Å². The van der Waals surface area contributed by atoms with Crippen molar-refractivity contribution in [2.24, 2.45) is 0 Å². The number of hydrogen-bond acceptors (Lipinski definition) is 5.